The van der Waals surface area contributed by atoms with Gasteiger partial charge in [-0.15, -0.1) is 13.2 Å². The number of alkyl halides is 3. The number of anilines is 2. The maximum absolute atomic E-state index is 12.4. The summed E-state index contributed by atoms with van der Waals surface area (Å²) in [6, 6.07) is 9.90. The Labute approximate surface area is 141 Å². The van der Waals surface area contributed by atoms with Gasteiger partial charge in [-0.3, -0.25) is 9.52 Å². The van der Waals surface area contributed by atoms with E-state index < -0.39 is 22.1 Å². The third-order valence-electron chi connectivity index (χ3n) is 2.84. The van der Waals surface area contributed by atoms with Crippen molar-refractivity contribution < 1.29 is 31.1 Å². The summed E-state index contributed by atoms with van der Waals surface area (Å²) in [5.41, 5.74) is 0.0259. The lowest BCUT2D eigenvalue weighted by molar-refractivity contribution is -0.274. The quantitative estimate of drug-likeness (QED) is 0.841. The number of carbonyl (C=O) groups excluding carboxylic acids is 1. The SMILES string of the molecule is CC(=O)Nc1ccc(S(=O)(=O)Nc2ccccc2OC(F)(F)F)cc1. The Morgan fingerprint density at radius 2 is 1.64 bits per heavy atom. The minimum atomic E-state index is -4.96. The molecular formula is C15H13F3N2O4S. The van der Waals surface area contributed by atoms with Gasteiger partial charge in [-0.05, 0) is 36.4 Å². The molecule has 0 aliphatic carbocycles. The summed E-state index contributed by atoms with van der Waals surface area (Å²) in [6.07, 6.45) is -4.96. The van der Waals surface area contributed by atoms with Crippen LogP contribution in [0.4, 0.5) is 24.5 Å². The molecule has 10 heteroatoms. The molecule has 134 valence electrons. The molecule has 0 radical (unpaired) electrons. The Morgan fingerprint density at radius 1 is 1.04 bits per heavy atom. The van der Waals surface area contributed by atoms with Crippen LogP contribution in [0.1, 0.15) is 6.92 Å². The highest BCUT2D eigenvalue weighted by Crippen LogP contribution is 2.31. The Hall–Kier alpha value is -2.75. The highest BCUT2D eigenvalue weighted by Gasteiger charge is 2.32. The lowest BCUT2D eigenvalue weighted by atomic mass is 10.3. The fraction of sp³-hybridized carbons (Fsp3) is 0.133. The van der Waals surface area contributed by atoms with Crippen molar-refractivity contribution in [2.24, 2.45) is 0 Å². The topological polar surface area (TPSA) is 84.5 Å². The predicted octanol–water partition coefficient (Wildman–Crippen LogP) is 3.34. The molecule has 25 heavy (non-hydrogen) atoms. The number of ether oxygens (including phenoxy) is 1. The van der Waals surface area contributed by atoms with Crippen molar-refractivity contribution in [1.82, 2.24) is 0 Å². The van der Waals surface area contributed by atoms with Gasteiger partial charge in [0.05, 0.1) is 10.6 Å². The molecule has 0 aliphatic heterocycles. The Morgan fingerprint density at radius 3 is 2.20 bits per heavy atom. The van der Waals surface area contributed by atoms with E-state index in [1.54, 1.807) is 0 Å². The van der Waals surface area contributed by atoms with E-state index in [2.05, 4.69) is 10.1 Å². The van der Waals surface area contributed by atoms with E-state index in [1.165, 1.54) is 43.3 Å². The number of halogens is 3. The number of nitrogens with one attached hydrogen (secondary N) is 2. The highest BCUT2D eigenvalue weighted by molar-refractivity contribution is 7.92. The lowest BCUT2D eigenvalue weighted by Crippen LogP contribution is -2.19. The summed E-state index contributed by atoms with van der Waals surface area (Å²) < 4.78 is 67.7. The van der Waals surface area contributed by atoms with Crippen molar-refractivity contribution in [3.8, 4) is 5.75 Å². The van der Waals surface area contributed by atoms with E-state index in [1.807, 2.05) is 4.72 Å². The number of hydrogen-bond acceptors (Lipinski definition) is 4. The number of sulfonamides is 1. The van der Waals surface area contributed by atoms with E-state index in [0.29, 0.717) is 5.69 Å². The van der Waals surface area contributed by atoms with Crippen LogP contribution < -0.4 is 14.8 Å². The minimum Gasteiger partial charge on any atom is -0.404 e. The molecule has 0 heterocycles. The standard InChI is InChI=1S/C15H13F3N2O4S/c1-10(21)19-11-6-8-12(9-7-11)25(22,23)20-13-4-2-3-5-14(13)24-15(16,17)18/h2-9,20H,1H3,(H,19,21). The van der Waals surface area contributed by atoms with Crippen LogP contribution in [0.25, 0.3) is 0 Å². The van der Waals surface area contributed by atoms with Gasteiger partial charge in [-0.25, -0.2) is 8.42 Å². The third kappa shape index (κ3) is 5.38. The van der Waals surface area contributed by atoms with Crippen LogP contribution in [0, 0.1) is 0 Å². The average Bonchev–Trinajstić information content (AvgIpc) is 2.47. The zero-order chi connectivity index (χ0) is 18.7. The van der Waals surface area contributed by atoms with E-state index in [0.717, 1.165) is 12.1 Å². The van der Waals surface area contributed by atoms with E-state index in [9.17, 15) is 26.4 Å². The highest BCUT2D eigenvalue weighted by atomic mass is 32.2. The predicted molar refractivity (Wildman–Crippen MR) is 84.7 cm³/mol. The largest absolute Gasteiger partial charge is 0.573 e. The van der Waals surface area contributed by atoms with Gasteiger partial charge >= 0.3 is 6.36 Å². The van der Waals surface area contributed by atoms with Crippen molar-refractivity contribution in [3.63, 3.8) is 0 Å². The first-order valence-corrected chi connectivity index (χ1v) is 8.30. The summed E-state index contributed by atoms with van der Waals surface area (Å²) in [5, 5.41) is 2.47. The van der Waals surface area contributed by atoms with Crippen molar-refractivity contribution in [1.29, 1.82) is 0 Å². The number of rotatable bonds is 5. The fourth-order valence-electron chi connectivity index (χ4n) is 1.89. The first-order valence-electron chi connectivity index (χ1n) is 6.82. The van der Waals surface area contributed by atoms with Gasteiger partial charge in [-0.1, -0.05) is 12.1 Å². The van der Waals surface area contributed by atoms with E-state index in [4.69, 9.17) is 0 Å². The molecule has 0 saturated heterocycles. The smallest absolute Gasteiger partial charge is 0.404 e. The van der Waals surface area contributed by atoms with Gasteiger partial charge in [0.15, 0.2) is 5.75 Å². The molecule has 0 aromatic heterocycles. The number of amides is 1. The number of carbonyl (C=O) groups is 1. The summed E-state index contributed by atoms with van der Waals surface area (Å²) >= 11 is 0. The zero-order valence-corrected chi connectivity index (χ0v) is 13.6. The average molecular weight is 374 g/mol. The monoisotopic (exact) mass is 374 g/mol. The molecule has 0 bridgehead atoms. The summed E-state index contributed by atoms with van der Waals surface area (Å²) in [5.74, 6) is -1.000. The van der Waals surface area contributed by atoms with Gasteiger partial charge in [0.25, 0.3) is 10.0 Å². The summed E-state index contributed by atoms with van der Waals surface area (Å²) in [4.78, 5) is 10.7. The molecule has 0 aliphatic rings. The van der Waals surface area contributed by atoms with Gasteiger partial charge in [0.2, 0.25) is 5.91 Å². The molecule has 0 saturated carbocycles. The van der Waals surface area contributed by atoms with Crippen LogP contribution >= 0.6 is 0 Å². The van der Waals surface area contributed by atoms with Crippen LogP contribution in [0.3, 0.4) is 0 Å². The van der Waals surface area contributed by atoms with Gasteiger partial charge in [-0.2, -0.15) is 0 Å². The third-order valence-corrected chi connectivity index (χ3v) is 4.22. The molecule has 2 rings (SSSR count). The normalized spacial score (nSPS) is 11.7. The molecule has 0 atom stereocenters. The second-order valence-corrected chi connectivity index (χ2v) is 6.54. The molecule has 0 spiro atoms. The Kier molecular flexibility index (Phi) is 5.21. The first kappa shape index (κ1) is 18.6. The molecular weight excluding hydrogens is 361 g/mol. The van der Waals surface area contributed by atoms with Crippen molar-refractivity contribution in [2.45, 2.75) is 18.2 Å². The summed E-state index contributed by atoms with van der Waals surface area (Å²) in [6.45, 7) is 1.30. The maximum Gasteiger partial charge on any atom is 0.573 e. The minimum absolute atomic E-state index is 0.191. The van der Waals surface area contributed by atoms with Crippen molar-refractivity contribution in [3.05, 3.63) is 48.5 Å². The number of para-hydroxylation sites is 2. The first-order chi connectivity index (χ1) is 11.6. The van der Waals surface area contributed by atoms with E-state index >= 15 is 0 Å². The zero-order valence-electron chi connectivity index (χ0n) is 12.8. The molecule has 0 unspecified atom stereocenters. The van der Waals surface area contributed by atoms with E-state index in [-0.39, 0.29) is 16.5 Å². The van der Waals surface area contributed by atoms with Crippen LogP contribution in [-0.2, 0) is 14.8 Å². The second kappa shape index (κ2) is 7.01. The van der Waals surface area contributed by atoms with Gasteiger partial charge in [0.1, 0.15) is 0 Å². The lowest BCUT2D eigenvalue weighted by Gasteiger charge is -2.15. The van der Waals surface area contributed by atoms with Crippen molar-refractivity contribution in [2.75, 3.05) is 10.0 Å². The fourth-order valence-corrected chi connectivity index (χ4v) is 2.96. The Bertz CT molecular complexity index is 865. The van der Waals surface area contributed by atoms with Gasteiger partial charge in [0, 0.05) is 12.6 Å². The molecule has 0 fully saturated rings. The second-order valence-electron chi connectivity index (χ2n) is 4.86. The number of benzene rings is 2. The van der Waals surface area contributed by atoms with Crippen LogP contribution in [0.5, 0.6) is 5.75 Å². The molecule has 6 nitrogen and oxygen atoms in total. The molecule has 2 N–H and O–H groups in total. The molecule has 2 aromatic rings. The Balaban J connectivity index is 2.26. The van der Waals surface area contributed by atoms with Crippen LogP contribution in [-0.4, -0.2) is 20.7 Å². The molecule has 2 aromatic carbocycles. The van der Waals surface area contributed by atoms with Crippen LogP contribution in [0.2, 0.25) is 0 Å². The number of hydrogen-bond donors (Lipinski definition) is 2. The molecule has 1 amide bonds. The van der Waals surface area contributed by atoms with Crippen molar-refractivity contribution >= 4 is 27.3 Å². The van der Waals surface area contributed by atoms with Gasteiger partial charge < -0.3 is 10.1 Å². The maximum atomic E-state index is 12.4. The summed E-state index contributed by atoms with van der Waals surface area (Å²) in [7, 11) is -4.15. The van der Waals surface area contributed by atoms with Crippen LogP contribution in [0.15, 0.2) is 53.4 Å².